The number of allylic oxidation sites excluding steroid dienone is 3. The third kappa shape index (κ3) is 4.85. The number of ketones is 1. The molecule has 1 aliphatic heterocycles. The first-order valence-corrected chi connectivity index (χ1v) is 13.5. The van der Waals surface area contributed by atoms with Crippen LogP contribution in [0.15, 0.2) is 61.9 Å². The Morgan fingerprint density at radius 1 is 1.38 bits per heavy atom. The molecular formula is C24H20ClN7O3S2. The van der Waals surface area contributed by atoms with Gasteiger partial charge in [-0.25, -0.2) is 0 Å². The second-order valence-electron chi connectivity index (χ2n) is 8.35. The summed E-state index contributed by atoms with van der Waals surface area (Å²) in [5, 5.41) is 25.9. The van der Waals surface area contributed by atoms with Gasteiger partial charge < -0.3 is 15.6 Å². The van der Waals surface area contributed by atoms with Gasteiger partial charge in [-0.3, -0.25) is 14.5 Å². The van der Waals surface area contributed by atoms with Gasteiger partial charge in [0.2, 0.25) is 11.0 Å². The van der Waals surface area contributed by atoms with Gasteiger partial charge in [0.15, 0.2) is 15.9 Å². The van der Waals surface area contributed by atoms with Crippen molar-refractivity contribution in [2.24, 2.45) is 5.73 Å². The molecule has 0 saturated heterocycles. The fraction of sp³-hybridized carbons (Fsp3) is 0.250. The van der Waals surface area contributed by atoms with Crippen molar-refractivity contribution in [2.45, 2.75) is 36.4 Å². The number of halogens is 1. The van der Waals surface area contributed by atoms with Crippen LogP contribution >= 0.6 is 34.7 Å². The lowest BCUT2D eigenvalue weighted by atomic mass is 9.76. The number of hydrogen-bond acceptors (Lipinski definition) is 11. The Labute approximate surface area is 225 Å². The van der Waals surface area contributed by atoms with Gasteiger partial charge in [0.1, 0.15) is 11.6 Å². The van der Waals surface area contributed by atoms with E-state index in [2.05, 4.69) is 26.7 Å². The molecule has 188 valence electrons. The van der Waals surface area contributed by atoms with E-state index in [9.17, 15) is 14.9 Å². The van der Waals surface area contributed by atoms with Gasteiger partial charge >= 0.3 is 0 Å². The van der Waals surface area contributed by atoms with Crippen LogP contribution in [0.2, 0.25) is 5.02 Å². The van der Waals surface area contributed by atoms with E-state index in [1.165, 1.54) is 23.1 Å². The Balaban J connectivity index is 1.44. The summed E-state index contributed by atoms with van der Waals surface area (Å²) in [6.45, 7) is 1.73. The summed E-state index contributed by atoms with van der Waals surface area (Å²) in [6.07, 6.45) is 1.62. The number of carbonyl (C=O) groups is 2. The van der Waals surface area contributed by atoms with E-state index in [1.54, 1.807) is 30.0 Å². The zero-order valence-electron chi connectivity index (χ0n) is 19.5. The van der Waals surface area contributed by atoms with Gasteiger partial charge in [0, 0.05) is 28.8 Å². The predicted octanol–water partition coefficient (Wildman–Crippen LogP) is 4.52. The first-order valence-electron chi connectivity index (χ1n) is 11.3. The Morgan fingerprint density at radius 2 is 2.19 bits per heavy atom. The fourth-order valence-electron chi connectivity index (χ4n) is 4.41. The quantitative estimate of drug-likeness (QED) is 0.416. The number of amides is 1. The van der Waals surface area contributed by atoms with E-state index in [0.29, 0.717) is 62.2 Å². The van der Waals surface area contributed by atoms with E-state index in [1.807, 2.05) is 12.1 Å². The molecule has 0 saturated carbocycles. The number of nitrogens with one attached hydrogen (secondary N) is 1. The lowest BCUT2D eigenvalue weighted by Crippen LogP contribution is -2.38. The summed E-state index contributed by atoms with van der Waals surface area (Å²) < 4.78 is 5.48. The van der Waals surface area contributed by atoms with Gasteiger partial charge in [-0.2, -0.15) is 5.26 Å². The number of nitrogens with zero attached hydrogens (tertiary/aromatic N) is 5. The monoisotopic (exact) mass is 553 g/mol. The van der Waals surface area contributed by atoms with Crippen molar-refractivity contribution in [1.82, 2.24) is 15.4 Å². The molecule has 1 atom stereocenters. The number of nitriles is 1. The van der Waals surface area contributed by atoms with Crippen LogP contribution in [0.1, 0.15) is 36.5 Å². The first-order chi connectivity index (χ1) is 17.9. The fourth-order valence-corrected chi connectivity index (χ4v) is 6.33. The largest absolute Gasteiger partial charge is 0.384 e. The van der Waals surface area contributed by atoms with Crippen molar-refractivity contribution in [1.29, 1.82) is 5.26 Å². The minimum Gasteiger partial charge on any atom is -0.384 e. The van der Waals surface area contributed by atoms with Gasteiger partial charge in [0.25, 0.3) is 0 Å². The Kier molecular flexibility index (Phi) is 7.01. The number of thioether (sulfide) groups is 1. The summed E-state index contributed by atoms with van der Waals surface area (Å²) in [5.41, 5.74) is 8.66. The zero-order chi connectivity index (χ0) is 26.1. The van der Waals surface area contributed by atoms with E-state index in [4.69, 9.17) is 21.9 Å². The maximum atomic E-state index is 13.2. The lowest BCUT2D eigenvalue weighted by molar-refractivity contribution is -0.116. The second-order valence-corrected chi connectivity index (χ2v) is 10.9. The van der Waals surface area contributed by atoms with Gasteiger partial charge in [0.05, 0.1) is 23.3 Å². The number of carbonyl (C=O) groups excluding carboxylic acids is 2. The maximum Gasteiger partial charge on any atom is 0.236 e. The van der Waals surface area contributed by atoms with Crippen molar-refractivity contribution >= 4 is 57.3 Å². The molecule has 3 heterocycles. The van der Waals surface area contributed by atoms with Crippen molar-refractivity contribution < 1.29 is 14.1 Å². The van der Waals surface area contributed by atoms with Crippen LogP contribution in [0.4, 0.5) is 10.9 Å². The van der Waals surface area contributed by atoms with Crippen LogP contribution in [0.25, 0.3) is 0 Å². The standard InChI is InChI=1S/C24H20ClN7O3S2/c1-12-9-18(31-35-12)28-19(34)11-36-24-30-29-23(37-24)32-16-7-4-8-17(33)21(16)20(14(10-26)22(32)27)13-5-2-3-6-15(13)25/h2-3,5-6,9,20H,4,7-8,11,27H2,1H3,(H,28,31,34). The molecule has 0 spiro atoms. The predicted molar refractivity (Wildman–Crippen MR) is 140 cm³/mol. The molecule has 0 radical (unpaired) electrons. The summed E-state index contributed by atoms with van der Waals surface area (Å²) in [6, 6.07) is 11.0. The van der Waals surface area contributed by atoms with Gasteiger partial charge in [-0.05, 0) is 31.4 Å². The lowest BCUT2D eigenvalue weighted by Gasteiger charge is -2.38. The third-order valence-electron chi connectivity index (χ3n) is 5.94. The van der Waals surface area contributed by atoms with Crippen molar-refractivity contribution in [3.8, 4) is 6.07 Å². The average molecular weight is 554 g/mol. The SMILES string of the molecule is Cc1cc(NC(=O)CSc2nnc(N3C(N)=C(C#N)C(c4ccccc4Cl)C4=C3CCCC4=O)s2)no1. The molecule has 0 bridgehead atoms. The molecule has 5 rings (SSSR count). The number of aromatic nitrogens is 3. The highest BCUT2D eigenvalue weighted by Crippen LogP contribution is 2.48. The highest BCUT2D eigenvalue weighted by molar-refractivity contribution is 8.01. The number of nitrogens with two attached hydrogens (primary N) is 1. The maximum absolute atomic E-state index is 13.2. The van der Waals surface area contributed by atoms with Crippen LogP contribution in [0.5, 0.6) is 0 Å². The van der Waals surface area contributed by atoms with Crippen LogP contribution in [-0.2, 0) is 9.59 Å². The van der Waals surface area contributed by atoms with E-state index < -0.39 is 5.92 Å². The number of rotatable bonds is 6. The van der Waals surface area contributed by atoms with E-state index in [0.717, 1.165) is 0 Å². The molecule has 3 aromatic rings. The molecule has 13 heteroatoms. The van der Waals surface area contributed by atoms with Crippen molar-refractivity contribution in [3.05, 3.63) is 69.3 Å². The Bertz CT molecular complexity index is 1500. The first kappa shape index (κ1) is 25.0. The molecule has 37 heavy (non-hydrogen) atoms. The topological polar surface area (TPSA) is 151 Å². The smallest absolute Gasteiger partial charge is 0.236 e. The van der Waals surface area contributed by atoms with Gasteiger partial charge in [-0.1, -0.05) is 58.1 Å². The van der Waals surface area contributed by atoms with Crippen LogP contribution in [-0.4, -0.2) is 32.8 Å². The molecule has 1 aliphatic carbocycles. The molecule has 0 fully saturated rings. The second kappa shape index (κ2) is 10.4. The molecule has 1 unspecified atom stereocenters. The van der Waals surface area contributed by atoms with Crippen LogP contribution in [0, 0.1) is 18.3 Å². The van der Waals surface area contributed by atoms with Crippen molar-refractivity contribution in [3.63, 3.8) is 0 Å². The van der Waals surface area contributed by atoms with E-state index in [-0.39, 0.29) is 28.8 Å². The van der Waals surface area contributed by atoms with Gasteiger partial charge in [-0.15, -0.1) is 10.2 Å². The summed E-state index contributed by atoms with van der Waals surface area (Å²) >= 11 is 8.92. The molecule has 2 aromatic heterocycles. The highest BCUT2D eigenvalue weighted by Gasteiger charge is 2.41. The summed E-state index contributed by atoms with van der Waals surface area (Å²) in [7, 11) is 0. The number of hydrogen-bond donors (Lipinski definition) is 2. The molecule has 2 aliphatic rings. The average Bonchev–Trinajstić information content (AvgIpc) is 3.51. The van der Waals surface area contributed by atoms with Crippen molar-refractivity contribution in [2.75, 3.05) is 16.0 Å². The number of benzene rings is 1. The molecular weight excluding hydrogens is 534 g/mol. The number of aryl methyl sites for hydroxylation is 1. The molecule has 10 nitrogen and oxygen atoms in total. The zero-order valence-corrected chi connectivity index (χ0v) is 21.9. The minimum absolute atomic E-state index is 0.0460. The molecule has 1 amide bonds. The highest BCUT2D eigenvalue weighted by atomic mass is 35.5. The normalized spacial score (nSPS) is 17.6. The summed E-state index contributed by atoms with van der Waals surface area (Å²) in [4.78, 5) is 27.1. The molecule has 1 aromatic carbocycles. The van der Waals surface area contributed by atoms with Crippen LogP contribution in [0.3, 0.4) is 0 Å². The number of Topliss-reactive ketones (excluding diaryl/α,β-unsaturated/α-hetero) is 1. The molecule has 3 N–H and O–H groups in total. The number of anilines is 2. The van der Waals surface area contributed by atoms with Crippen LogP contribution < -0.4 is 16.0 Å². The Morgan fingerprint density at radius 3 is 2.92 bits per heavy atom. The Hall–Kier alpha value is -3.66. The van der Waals surface area contributed by atoms with E-state index >= 15 is 0 Å². The summed E-state index contributed by atoms with van der Waals surface area (Å²) in [5.74, 6) is 0.227. The third-order valence-corrected chi connectivity index (χ3v) is 8.32. The minimum atomic E-state index is -0.650.